The van der Waals surface area contributed by atoms with Crippen LogP contribution in [0.1, 0.15) is 17.5 Å². The number of aromatic nitrogens is 1. The molecule has 4 nitrogen and oxygen atoms in total. The van der Waals surface area contributed by atoms with E-state index in [9.17, 15) is 8.78 Å². The number of nitrogen functional groups attached to an aromatic ring is 1. The van der Waals surface area contributed by atoms with E-state index in [1.165, 1.54) is 5.56 Å². The average molecular weight is 418 g/mol. The summed E-state index contributed by atoms with van der Waals surface area (Å²) in [7, 11) is 0. The van der Waals surface area contributed by atoms with Crippen LogP contribution in [0.4, 0.5) is 20.3 Å². The van der Waals surface area contributed by atoms with E-state index in [4.69, 9.17) is 5.73 Å². The lowest BCUT2D eigenvalue weighted by molar-refractivity contribution is 0.364. The molecule has 31 heavy (non-hydrogen) atoms. The predicted molar refractivity (Wildman–Crippen MR) is 122 cm³/mol. The number of halogens is 2. The fourth-order valence-electron chi connectivity index (χ4n) is 4.45. The Bertz CT molecular complexity index is 1160. The summed E-state index contributed by atoms with van der Waals surface area (Å²) >= 11 is 0. The van der Waals surface area contributed by atoms with E-state index in [0.29, 0.717) is 36.2 Å². The van der Waals surface area contributed by atoms with Crippen LogP contribution in [0.3, 0.4) is 0 Å². The number of hydrogen-bond acceptors (Lipinski definition) is 4. The number of rotatable bonds is 3. The molecule has 0 aliphatic carbocycles. The van der Waals surface area contributed by atoms with E-state index in [-0.39, 0.29) is 5.82 Å². The van der Waals surface area contributed by atoms with Crippen LogP contribution in [0, 0.1) is 5.95 Å². The molecule has 1 atom stereocenters. The summed E-state index contributed by atoms with van der Waals surface area (Å²) in [6.45, 7) is 6.00. The van der Waals surface area contributed by atoms with E-state index in [1.54, 1.807) is 6.07 Å². The molecule has 6 heteroatoms. The van der Waals surface area contributed by atoms with Crippen molar-refractivity contribution in [3.8, 4) is 22.3 Å². The molecule has 0 unspecified atom stereocenters. The number of anilines is 2. The fourth-order valence-corrected chi connectivity index (χ4v) is 4.45. The van der Waals surface area contributed by atoms with Crippen LogP contribution in [0.5, 0.6) is 0 Å². The van der Waals surface area contributed by atoms with Crippen LogP contribution < -0.4 is 16.0 Å². The molecule has 158 valence electrons. The average Bonchev–Trinajstić information content (AvgIpc) is 3.20. The van der Waals surface area contributed by atoms with Crippen molar-refractivity contribution in [1.29, 1.82) is 0 Å². The second-order valence-electron chi connectivity index (χ2n) is 8.17. The van der Waals surface area contributed by atoms with Crippen molar-refractivity contribution >= 4 is 17.2 Å². The number of alkyl halides is 1. The molecular formula is C25H24F2N4. The molecule has 1 fully saturated rings. The molecule has 2 aliphatic rings. The smallest absolute Gasteiger partial charge is 0.222 e. The second kappa shape index (κ2) is 7.69. The number of fused-ring (bicyclic) bond motifs is 1. The highest BCUT2D eigenvalue weighted by molar-refractivity contribution is 5.82. The molecule has 1 saturated heterocycles. The summed E-state index contributed by atoms with van der Waals surface area (Å²) in [5, 5.41) is 3.27. The van der Waals surface area contributed by atoms with Gasteiger partial charge in [0.15, 0.2) is 0 Å². The molecule has 0 bridgehead atoms. The first-order valence-electron chi connectivity index (χ1n) is 10.5. The normalized spacial score (nSPS) is 18.1. The number of hydrogen-bond donors (Lipinski definition) is 2. The lowest BCUT2D eigenvalue weighted by Gasteiger charge is -2.21. The van der Waals surface area contributed by atoms with Crippen molar-refractivity contribution < 1.29 is 8.78 Å². The van der Waals surface area contributed by atoms with Crippen LogP contribution in [0.15, 0.2) is 55.1 Å². The molecule has 5 rings (SSSR count). The summed E-state index contributed by atoms with van der Waals surface area (Å²) in [6.07, 6.45) is 0.651. The number of nitrogens with two attached hydrogens (primary N) is 1. The van der Waals surface area contributed by atoms with Gasteiger partial charge in [-0.25, -0.2) is 9.37 Å². The fraction of sp³-hybridized carbons (Fsp3) is 0.240. The Morgan fingerprint density at radius 3 is 2.55 bits per heavy atom. The number of pyridine rings is 1. The van der Waals surface area contributed by atoms with Crippen LogP contribution in [-0.2, 0) is 6.42 Å². The van der Waals surface area contributed by atoms with Crippen molar-refractivity contribution in [2.24, 2.45) is 0 Å². The molecule has 3 heterocycles. The van der Waals surface area contributed by atoms with Crippen molar-refractivity contribution in [1.82, 2.24) is 10.3 Å². The zero-order valence-electron chi connectivity index (χ0n) is 17.2. The third-order valence-corrected chi connectivity index (χ3v) is 6.15. The summed E-state index contributed by atoms with van der Waals surface area (Å²) in [5.41, 5.74) is 12.9. The van der Waals surface area contributed by atoms with E-state index < -0.39 is 12.1 Å². The Balaban J connectivity index is 1.50. The second-order valence-corrected chi connectivity index (χ2v) is 8.17. The minimum absolute atomic E-state index is 0.164. The maximum absolute atomic E-state index is 14.7. The van der Waals surface area contributed by atoms with Crippen molar-refractivity contribution in [2.75, 3.05) is 30.3 Å². The molecule has 0 spiro atoms. The van der Waals surface area contributed by atoms with Crippen LogP contribution in [-0.4, -0.2) is 30.8 Å². The molecule has 2 aliphatic heterocycles. The first-order valence-corrected chi connectivity index (χ1v) is 10.5. The van der Waals surface area contributed by atoms with Crippen LogP contribution >= 0.6 is 0 Å². The lowest BCUT2D eigenvalue weighted by Crippen LogP contribution is -2.21. The number of nitrogens with one attached hydrogen (secondary N) is 1. The maximum Gasteiger partial charge on any atom is 0.222 e. The van der Waals surface area contributed by atoms with Crippen molar-refractivity contribution in [3.63, 3.8) is 0 Å². The number of nitrogens with zero attached hydrogens (tertiary/aromatic N) is 2. The predicted octanol–water partition coefficient (Wildman–Crippen LogP) is 4.80. The Labute approximate surface area is 180 Å². The minimum atomic E-state index is -0.787. The monoisotopic (exact) mass is 418 g/mol. The summed E-state index contributed by atoms with van der Waals surface area (Å²) in [4.78, 5) is 5.99. The Kier molecular flexibility index (Phi) is 4.85. The molecule has 3 N–H and O–H groups in total. The summed E-state index contributed by atoms with van der Waals surface area (Å²) in [6, 6.07) is 15.3. The van der Waals surface area contributed by atoms with Gasteiger partial charge in [-0.2, -0.15) is 4.39 Å². The molecule has 0 saturated carbocycles. The number of benzene rings is 2. The Morgan fingerprint density at radius 1 is 1.03 bits per heavy atom. The zero-order chi connectivity index (χ0) is 21.5. The van der Waals surface area contributed by atoms with Crippen LogP contribution in [0.25, 0.3) is 28.0 Å². The van der Waals surface area contributed by atoms with Gasteiger partial charge >= 0.3 is 0 Å². The van der Waals surface area contributed by atoms with Crippen molar-refractivity contribution in [2.45, 2.75) is 19.0 Å². The van der Waals surface area contributed by atoms with Gasteiger partial charge in [-0.3, -0.25) is 0 Å². The van der Waals surface area contributed by atoms with Gasteiger partial charge in [-0.1, -0.05) is 36.9 Å². The Hall–Kier alpha value is -3.41. The lowest BCUT2D eigenvalue weighted by atomic mass is 9.93. The van der Waals surface area contributed by atoms with E-state index in [1.807, 2.05) is 41.3 Å². The SMILES string of the molecule is C=C1NCCc2cc(-c3cc(-c4ccc(N5CC[C@@H](F)C5)cc4)c(F)nc3N)ccc21. The van der Waals surface area contributed by atoms with Gasteiger partial charge in [0, 0.05) is 47.7 Å². The molecule has 2 aromatic carbocycles. The highest BCUT2D eigenvalue weighted by Crippen LogP contribution is 2.35. The topological polar surface area (TPSA) is 54.2 Å². The molecule has 3 aromatic rings. The first kappa shape index (κ1) is 19.5. The molecule has 0 amide bonds. The first-order chi connectivity index (χ1) is 15.0. The third-order valence-electron chi connectivity index (χ3n) is 6.15. The van der Waals surface area contributed by atoms with Gasteiger partial charge in [-0.05, 0) is 47.7 Å². The van der Waals surface area contributed by atoms with Crippen molar-refractivity contribution in [3.05, 3.63) is 72.2 Å². The van der Waals surface area contributed by atoms with E-state index in [2.05, 4.69) is 22.9 Å². The highest BCUT2D eigenvalue weighted by Gasteiger charge is 2.22. The summed E-state index contributed by atoms with van der Waals surface area (Å²) in [5.74, 6) is -0.439. The van der Waals surface area contributed by atoms with E-state index in [0.717, 1.165) is 35.5 Å². The van der Waals surface area contributed by atoms with Gasteiger partial charge < -0.3 is 16.0 Å². The largest absolute Gasteiger partial charge is 0.385 e. The highest BCUT2D eigenvalue weighted by atomic mass is 19.1. The zero-order valence-corrected chi connectivity index (χ0v) is 17.2. The minimum Gasteiger partial charge on any atom is -0.385 e. The van der Waals surface area contributed by atoms with Gasteiger partial charge in [0.2, 0.25) is 5.95 Å². The van der Waals surface area contributed by atoms with Gasteiger partial charge in [0.1, 0.15) is 12.0 Å². The molecular weight excluding hydrogens is 394 g/mol. The third kappa shape index (κ3) is 3.63. The van der Waals surface area contributed by atoms with Gasteiger partial charge in [0.05, 0.1) is 0 Å². The van der Waals surface area contributed by atoms with Gasteiger partial charge in [0.25, 0.3) is 0 Å². The maximum atomic E-state index is 14.7. The molecule has 0 radical (unpaired) electrons. The quantitative estimate of drug-likeness (QED) is 0.600. The van der Waals surface area contributed by atoms with Crippen LogP contribution in [0.2, 0.25) is 0 Å². The molecule has 1 aromatic heterocycles. The van der Waals surface area contributed by atoms with E-state index >= 15 is 0 Å². The standard InChI is InChI=1S/C25H24F2N4/c1-15-21-7-4-17(12-18(21)8-10-29-15)23-13-22(24(27)30-25(23)28)16-2-5-20(6-3-16)31-11-9-19(26)14-31/h2-7,12-13,19,29H,1,8-11,14H2,(H2,28,30)/t19-/m1/s1. The Morgan fingerprint density at radius 2 is 1.81 bits per heavy atom. The van der Waals surface area contributed by atoms with Gasteiger partial charge in [-0.15, -0.1) is 0 Å². The summed E-state index contributed by atoms with van der Waals surface area (Å²) < 4.78 is 28.2.